The molecule has 0 saturated carbocycles. The molecule has 0 fully saturated rings. The van der Waals surface area contributed by atoms with Gasteiger partial charge in [-0.1, -0.05) is 19.1 Å². The van der Waals surface area contributed by atoms with E-state index in [-0.39, 0.29) is 36.8 Å². The molecule has 2 aromatic carbocycles. The molecule has 0 bridgehead atoms. The van der Waals surface area contributed by atoms with Gasteiger partial charge in [-0.05, 0) is 38.0 Å². The average Bonchev–Trinajstić information content (AvgIpc) is 2.81. The third kappa shape index (κ3) is 7.14. The van der Waals surface area contributed by atoms with Crippen molar-refractivity contribution in [3.05, 3.63) is 53.8 Å². The van der Waals surface area contributed by atoms with Crippen LogP contribution in [0.2, 0.25) is 0 Å². The van der Waals surface area contributed by atoms with E-state index in [1.54, 1.807) is 37.3 Å². The van der Waals surface area contributed by atoms with Gasteiger partial charge in [0.15, 0.2) is 6.61 Å². The van der Waals surface area contributed by atoms with Crippen molar-refractivity contribution >= 4 is 11.8 Å². The lowest BCUT2D eigenvalue weighted by molar-refractivity contribution is -0.142. The number of halogens is 1. The molecule has 0 radical (unpaired) electrons. The summed E-state index contributed by atoms with van der Waals surface area (Å²) < 4.78 is 29.4. The van der Waals surface area contributed by atoms with Gasteiger partial charge in [-0.25, -0.2) is 4.39 Å². The van der Waals surface area contributed by atoms with E-state index in [1.165, 1.54) is 31.3 Å². The van der Waals surface area contributed by atoms with Crippen molar-refractivity contribution in [1.82, 2.24) is 10.2 Å². The normalized spacial score (nSPS) is 12.4. The highest BCUT2D eigenvalue weighted by Crippen LogP contribution is 2.27. The van der Waals surface area contributed by atoms with Gasteiger partial charge < -0.3 is 24.4 Å². The smallest absolute Gasteiger partial charge is 0.261 e. The molecule has 0 unspecified atom stereocenters. The highest BCUT2D eigenvalue weighted by Gasteiger charge is 2.27. The number of ether oxygens (including phenoxy) is 3. The molecule has 2 atom stereocenters. The van der Waals surface area contributed by atoms with Crippen molar-refractivity contribution < 1.29 is 28.2 Å². The standard InChI is InChI=1S/C24H31FN2O5/c1-6-16(2)26-24(29)17(3)27(14-18-7-9-19(25)10-8-18)23(28)15-32-22-12-20(30-4)11-21(13-22)31-5/h7-13,16-17H,6,14-15H2,1-5H3,(H,26,29)/t16-,17-/m1/s1. The number of amides is 2. The summed E-state index contributed by atoms with van der Waals surface area (Å²) in [5.74, 6) is 0.422. The second-order valence-electron chi connectivity index (χ2n) is 7.48. The molecule has 2 amide bonds. The van der Waals surface area contributed by atoms with Crippen LogP contribution in [-0.4, -0.2) is 49.6 Å². The van der Waals surface area contributed by atoms with Crippen LogP contribution in [-0.2, 0) is 16.1 Å². The van der Waals surface area contributed by atoms with Crippen molar-refractivity contribution in [2.45, 2.75) is 45.8 Å². The van der Waals surface area contributed by atoms with E-state index in [0.717, 1.165) is 6.42 Å². The third-order valence-corrected chi connectivity index (χ3v) is 5.12. The van der Waals surface area contributed by atoms with Crippen molar-refractivity contribution in [2.75, 3.05) is 20.8 Å². The zero-order chi connectivity index (χ0) is 23.7. The first-order chi connectivity index (χ1) is 15.3. The van der Waals surface area contributed by atoms with Gasteiger partial charge in [0.05, 0.1) is 14.2 Å². The number of rotatable bonds is 11. The van der Waals surface area contributed by atoms with Crippen LogP contribution in [0.25, 0.3) is 0 Å². The van der Waals surface area contributed by atoms with Gasteiger partial charge in [-0.3, -0.25) is 9.59 Å². The van der Waals surface area contributed by atoms with Crippen molar-refractivity contribution in [3.63, 3.8) is 0 Å². The van der Waals surface area contributed by atoms with Crippen LogP contribution in [0.1, 0.15) is 32.8 Å². The Labute approximate surface area is 188 Å². The van der Waals surface area contributed by atoms with E-state index in [4.69, 9.17) is 14.2 Å². The molecule has 0 spiro atoms. The number of carbonyl (C=O) groups excluding carboxylic acids is 2. The van der Waals surface area contributed by atoms with Crippen LogP contribution in [0.3, 0.4) is 0 Å². The SMILES string of the molecule is CC[C@@H](C)NC(=O)[C@@H](C)N(Cc1ccc(F)cc1)C(=O)COc1cc(OC)cc(OC)c1. The lowest BCUT2D eigenvalue weighted by Crippen LogP contribution is -2.50. The number of hydrogen-bond donors (Lipinski definition) is 1. The quantitative estimate of drug-likeness (QED) is 0.571. The Bertz CT molecular complexity index is 882. The van der Waals surface area contributed by atoms with Crippen molar-refractivity contribution in [1.29, 1.82) is 0 Å². The van der Waals surface area contributed by atoms with Gasteiger partial charge in [-0.15, -0.1) is 0 Å². The van der Waals surface area contributed by atoms with E-state index in [9.17, 15) is 14.0 Å². The highest BCUT2D eigenvalue weighted by molar-refractivity contribution is 5.88. The molecular weight excluding hydrogens is 415 g/mol. The van der Waals surface area contributed by atoms with Crippen LogP contribution < -0.4 is 19.5 Å². The Morgan fingerprint density at radius 3 is 2.09 bits per heavy atom. The summed E-state index contributed by atoms with van der Waals surface area (Å²) in [5.41, 5.74) is 0.700. The molecule has 0 aliphatic heterocycles. The Hall–Kier alpha value is -3.29. The number of nitrogens with zero attached hydrogens (tertiary/aromatic N) is 1. The number of nitrogens with one attached hydrogen (secondary N) is 1. The first-order valence-corrected chi connectivity index (χ1v) is 10.5. The summed E-state index contributed by atoms with van der Waals surface area (Å²) in [7, 11) is 3.04. The number of hydrogen-bond acceptors (Lipinski definition) is 5. The number of benzene rings is 2. The van der Waals surface area contributed by atoms with Gasteiger partial charge in [0.1, 0.15) is 29.1 Å². The molecule has 1 N–H and O–H groups in total. The predicted molar refractivity (Wildman–Crippen MR) is 119 cm³/mol. The van der Waals surface area contributed by atoms with Crippen LogP contribution in [0.4, 0.5) is 4.39 Å². The minimum atomic E-state index is -0.745. The van der Waals surface area contributed by atoms with Crippen LogP contribution in [0, 0.1) is 5.82 Å². The van der Waals surface area contributed by atoms with Gasteiger partial charge >= 0.3 is 0 Å². The fraction of sp³-hybridized carbons (Fsp3) is 0.417. The van der Waals surface area contributed by atoms with Gasteiger partial charge in [0.25, 0.3) is 5.91 Å². The van der Waals surface area contributed by atoms with E-state index in [0.29, 0.717) is 22.8 Å². The monoisotopic (exact) mass is 446 g/mol. The van der Waals surface area contributed by atoms with Crippen molar-refractivity contribution in [2.24, 2.45) is 0 Å². The Morgan fingerprint density at radius 1 is 1.00 bits per heavy atom. The second kappa shape index (κ2) is 11.9. The van der Waals surface area contributed by atoms with Crippen LogP contribution >= 0.6 is 0 Å². The molecule has 0 saturated heterocycles. The van der Waals surface area contributed by atoms with Crippen molar-refractivity contribution in [3.8, 4) is 17.2 Å². The molecule has 7 nitrogen and oxygen atoms in total. The predicted octanol–water partition coefficient (Wildman–Crippen LogP) is 3.55. The van der Waals surface area contributed by atoms with E-state index >= 15 is 0 Å². The zero-order valence-electron chi connectivity index (χ0n) is 19.2. The number of carbonyl (C=O) groups is 2. The molecule has 174 valence electrons. The fourth-order valence-corrected chi connectivity index (χ4v) is 2.93. The first-order valence-electron chi connectivity index (χ1n) is 10.5. The van der Waals surface area contributed by atoms with Crippen LogP contribution in [0.5, 0.6) is 17.2 Å². The highest BCUT2D eigenvalue weighted by atomic mass is 19.1. The lowest BCUT2D eigenvalue weighted by Gasteiger charge is -2.29. The van der Waals surface area contributed by atoms with Gasteiger partial charge in [-0.2, -0.15) is 0 Å². The second-order valence-corrected chi connectivity index (χ2v) is 7.48. The van der Waals surface area contributed by atoms with E-state index in [1.807, 2.05) is 13.8 Å². The molecule has 32 heavy (non-hydrogen) atoms. The molecule has 8 heteroatoms. The summed E-state index contributed by atoms with van der Waals surface area (Å²) in [5, 5.41) is 2.90. The largest absolute Gasteiger partial charge is 0.496 e. The molecule has 2 rings (SSSR count). The Kier molecular flexibility index (Phi) is 9.31. The number of methoxy groups -OCH3 is 2. The van der Waals surface area contributed by atoms with Crippen LogP contribution in [0.15, 0.2) is 42.5 Å². The molecular formula is C24H31FN2O5. The first kappa shape index (κ1) is 25.0. The maximum absolute atomic E-state index is 13.3. The Morgan fingerprint density at radius 2 is 1.56 bits per heavy atom. The topological polar surface area (TPSA) is 77.1 Å². The molecule has 0 aliphatic rings. The molecule has 0 heterocycles. The summed E-state index contributed by atoms with van der Waals surface area (Å²) in [6.07, 6.45) is 0.769. The summed E-state index contributed by atoms with van der Waals surface area (Å²) >= 11 is 0. The molecule has 2 aromatic rings. The Balaban J connectivity index is 2.18. The summed E-state index contributed by atoms with van der Waals surface area (Å²) in [6, 6.07) is 10.0. The average molecular weight is 447 g/mol. The third-order valence-electron chi connectivity index (χ3n) is 5.12. The maximum Gasteiger partial charge on any atom is 0.261 e. The van der Waals surface area contributed by atoms with E-state index < -0.39 is 6.04 Å². The maximum atomic E-state index is 13.3. The fourth-order valence-electron chi connectivity index (χ4n) is 2.93. The van der Waals surface area contributed by atoms with Gasteiger partial charge in [0.2, 0.25) is 5.91 Å². The summed E-state index contributed by atoms with van der Waals surface area (Å²) in [4.78, 5) is 27.2. The van der Waals surface area contributed by atoms with Gasteiger partial charge in [0, 0.05) is 30.8 Å². The molecule has 0 aliphatic carbocycles. The minimum Gasteiger partial charge on any atom is -0.496 e. The lowest BCUT2D eigenvalue weighted by atomic mass is 10.1. The van der Waals surface area contributed by atoms with E-state index in [2.05, 4.69) is 5.32 Å². The minimum absolute atomic E-state index is 0.0202. The zero-order valence-corrected chi connectivity index (χ0v) is 19.2. The summed E-state index contributed by atoms with van der Waals surface area (Å²) in [6.45, 7) is 5.37. The molecule has 0 aromatic heterocycles.